The zero-order chi connectivity index (χ0) is 20.4. The second-order valence-corrected chi connectivity index (χ2v) is 6.90. The van der Waals surface area contributed by atoms with Crippen LogP contribution in [0.15, 0.2) is 36.4 Å². The van der Waals surface area contributed by atoms with Gasteiger partial charge in [0.2, 0.25) is 0 Å². The Morgan fingerprint density at radius 3 is 2.46 bits per heavy atom. The van der Waals surface area contributed by atoms with Gasteiger partial charge >= 0.3 is 5.97 Å². The molecule has 0 bridgehead atoms. The topological polar surface area (TPSA) is 63.9 Å². The lowest BCUT2D eigenvalue weighted by atomic mass is 10.0. The molecule has 3 aromatic rings. The molecule has 0 saturated carbocycles. The maximum Gasteiger partial charge on any atom is 0.340 e. The van der Waals surface area contributed by atoms with Crippen molar-refractivity contribution in [2.75, 3.05) is 27.8 Å². The quantitative estimate of drug-likeness (QED) is 0.655. The highest BCUT2D eigenvalue weighted by molar-refractivity contribution is 6.10. The summed E-state index contributed by atoms with van der Waals surface area (Å²) < 4.78 is 12.7. The summed E-state index contributed by atoms with van der Waals surface area (Å²) in [5.74, 6) is -0.181. The lowest BCUT2D eigenvalue weighted by molar-refractivity contribution is 0.0527. The molecule has 0 amide bonds. The molecule has 0 aliphatic rings. The monoisotopic (exact) mass is 382 g/mol. The number of carbonyl (C=O) groups excluding carboxylic acids is 1. The van der Waals surface area contributed by atoms with Gasteiger partial charge in [0, 0.05) is 17.9 Å². The Labute approximate surface area is 164 Å². The summed E-state index contributed by atoms with van der Waals surface area (Å²) >= 11 is 0. The van der Waals surface area contributed by atoms with Gasteiger partial charge in [-0.1, -0.05) is 18.2 Å². The van der Waals surface area contributed by atoms with Crippen molar-refractivity contribution in [3.05, 3.63) is 53.2 Å². The van der Waals surface area contributed by atoms with E-state index in [1.165, 1.54) is 7.11 Å². The number of carbonyl (C=O) groups is 1. The molecule has 0 unspecified atom stereocenters. The van der Waals surface area contributed by atoms with Gasteiger partial charge in [-0.2, -0.15) is 0 Å². The van der Waals surface area contributed by atoms with Crippen LogP contribution >= 0.6 is 0 Å². The van der Waals surface area contributed by atoms with Crippen molar-refractivity contribution in [1.82, 2.24) is 9.47 Å². The van der Waals surface area contributed by atoms with E-state index in [-0.39, 0.29) is 12.4 Å². The van der Waals surface area contributed by atoms with Crippen molar-refractivity contribution in [3.8, 4) is 17.2 Å². The zero-order valence-electron chi connectivity index (χ0n) is 16.9. The summed E-state index contributed by atoms with van der Waals surface area (Å²) in [6, 6.07) is 11.6. The van der Waals surface area contributed by atoms with Gasteiger partial charge in [0.1, 0.15) is 0 Å². The number of nitrogens with zero attached hydrogens (tertiary/aromatic N) is 2. The number of methoxy groups -OCH3 is 1. The number of rotatable bonds is 6. The molecule has 0 spiro atoms. The molecule has 0 aliphatic carbocycles. The summed E-state index contributed by atoms with van der Waals surface area (Å²) in [5, 5.41) is 11.4. The van der Waals surface area contributed by atoms with E-state index < -0.39 is 5.97 Å². The van der Waals surface area contributed by atoms with Gasteiger partial charge in [0.25, 0.3) is 0 Å². The third-order valence-electron chi connectivity index (χ3n) is 4.69. The van der Waals surface area contributed by atoms with Gasteiger partial charge < -0.3 is 24.0 Å². The first kappa shape index (κ1) is 19.8. The van der Waals surface area contributed by atoms with Crippen molar-refractivity contribution in [2.45, 2.75) is 20.4 Å². The molecule has 2 aromatic carbocycles. The average molecular weight is 382 g/mol. The number of aromatic hydroxyl groups is 1. The van der Waals surface area contributed by atoms with Gasteiger partial charge in [-0.15, -0.1) is 0 Å². The molecule has 3 rings (SSSR count). The summed E-state index contributed by atoms with van der Waals surface area (Å²) in [6.07, 6.45) is 0. The summed E-state index contributed by atoms with van der Waals surface area (Å²) in [6.45, 7) is 4.50. The minimum Gasteiger partial charge on any atom is -0.504 e. The fraction of sp³-hybridized carbons (Fsp3) is 0.318. The highest BCUT2D eigenvalue weighted by atomic mass is 16.5. The molecule has 0 aliphatic heterocycles. The first-order valence-electron chi connectivity index (χ1n) is 9.21. The molecule has 6 heteroatoms. The van der Waals surface area contributed by atoms with Crippen LogP contribution in [-0.2, 0) is 11.3 Å². The van der Waals surface area contributed by atoms with Crippen LogP contribution in [0, 0.1) is 6.92 Å². The molecule has 28 heavy (non-hydrogen) atoms. The van der Waals surface area contributed by atoms with Gasteiger partial charge in [-0.25, -0.2) is 4.79 Å². The first-order valence-corrected chi connectivity index (χ1v) is 9.21. The lowest BCUT2D eigenvalue weighted by Gasteiger charge is -2.17. The van der Waals surface area contributed by atoms with E-state index in [0.717, 1.165) is 16.8 Å². The standard InChI is InChI=1S/C22H26N2O4/c1-6-28-22(26)18-14(2)24(16-10-8-7-9-11-16)20-15(13-23(3)4)12-17(27-5)21(25)19(18)20/h7-12,25H,6,13H2,1-5H3. The Kier molecular flexibility index (Phi) is 5.61. The minimum atomic E-state index is -0.459. The number of para-hydroxylation sites is 1. The van der Waals surface area contributed by atoms with Crippen molar-refractivity contribution >= 4 is 16.9 Å². The summed E-state index contributed by atoms with van der Waals surface area (Å²) in [4.78, 5) is 14.8. The van der Waals surface area contributed by atoms with Gasteiger partial charge in [-0.05, 0) is 51.7 Å². The molecular weight excluding hydrogens is 356 g/mol. The van der Waals surface area contributed by atoms with Crippen molar-refractivity contribution in [3.63, 3.8) is 0 Å². The highest BCUT2D eigenvalue weighted by Gasteiger charge is 2.28. The van der Waals surface area contributed by atoms with Crippen LogP contribution in [0.4, 0.5) is 0 Å². The number of phenolic OH excluding ortho intramolecular Hbond substituents is 1. The predicted molar refractivity (Wildman–Crippen MR) is 110 cm³/mol. The van der Waals surface area contributed by atoms with Gasteiger partial charge in [0.05, 0.1) is 30.2 Å². The zero-order valence-corrected chi connectivity index (χ0v) is 16.9. The first-order chi connectivity index (χ1) is 13.4. The largest absolute Gasteiger partial charge is 0.504 e. The van der Waals surface area contributed by atoms with Crippen LogP contribution in [0.25, 0.3) is 16.6 Å². The fourth-order valence-corrected chi connectivity index (χ4v) is 3.61. The number of phenols is 1. The third kappa shape index (κ3) is 3.31. The average Bonchev–Trinajstić information content (AvgIpc) is 2.98. The summed E-state index contributed by atoms with van der Waals surface area (Å²) in [7, 11) is 5.45. The number of benzene rings is 2. The second kappa shape index (κ2) is 7.94. The SMILES string of the molecule is CCOC(=O)c1c(C)n(-c2ccccc2)c2c(CN(C)C)cc(OC)c(O)c12. The molecule has 1 heterocycles. The van der Waals surface area contributed by atoms with Gasteiger partial charge in [-0.3, -0.25) is 0 Å². The molecule has 0 atom stereocenters. The summed E-state index contributed by atoms with van der Waals surface area (Å²) in [5.41, 5.74) is 3.70. The van der Waals surface area contributed by atoms with E-state index >= 15 is 0 Å². The molecule has 1 aromatic heterocycles. The van der Waals surface area contributed by atoms with E-state index in [1.807, 2.05) is 66.9 Å². The van der Waals surface area contributed by atoms with E-state index in [2.05, 4.69) is 0 Å². The Morgan fingerprint density at radius 1 is 1.21 bits per heavy atom. The fourth-order valence-electron chi connectivity index (χ4n) is 3.61. The molecule has 0 fully saturated rings. The molecule has 0 saturated heterocycles. The minimum absolute atomic E-state index is 0.0548. The van der Waals surface area contributed by atoms with E-state index in [4.69, 9.17) is 9.47 Å². The van der Waals surface area contributed by atoms with Crippen molar-refractivity contribution in [2.24, 2.45) is 0 Å². The van der Waals surface area contributed by atoms with Crippen LogP contribution in [0.2, 0.25) is 0 Å². The number of ether oxygens (including phenoxy) is 2. The number of esters is 1. The Bertz CT molecular complexity index is 1010. The highest BCUT2D eigenvalue weighted by Crippen LogP contribution is 2.43. The van der Waals surface area contributed by atoms with Crippen LogP contribution in [0.3, 0.4) is 0 Å². The predicted octanol–water partition coefficient (Wildman–Crippen LogP) is 3.89. The van der Waals surface area contributed by atoms with Crippen LogP contribution in [0.1, 0.15) is 28.5 Å². The Balaban J connectivity index is 2.49. The van der Waals surface area contributed by atoms with Crippen molar-refractivity contribution < 1.29 is 19.4 Å². The number of fused-ring (bicyclic) bond motifs is 1. The van der Waals surface area contributed by atoms with Gasteiger partial charge in [0.15, 0.2) is 11.5 Å². The second-order valence-electron chi connectivity index (χ2n) is 6.90. The van der Waals surface area contributed by atoms with Crippen molar-refractivity contribution in [1.29, 1.82) is 0 Å². The third-order valence-corrected chi connectivity index (χ3v) is 4.69. The Hall–Kier alpha value is -2.99. The Morgan fingerprint density at radius 2 is 1.89 bits per heavy atom. The molecular formula is C22H26N2O4. The normalized spacial score (nSPS) is 11.2. The lowest BCUT2D eigenvalue weighted by Crippen LogP contribution is -2.12. The van der Waals surface area contributed by atoms with E-state index in [9.17, 15) is 9.90 Å². The molecule has 1 N–H and O–H groups in total. The maximum absolute atomic E-state index is 12.8. The number of hydrogen-bond donors (Lipinski definition) is 1. The van der Waals surface area contributed by atoms with E-state index in [0.29, 0.717) is 28.9 Å². The van der Waals surface area contributed by atoms with Crippen LogP contribution in [0.5, 0.6) is 11.5 Å². The number of aromatic nitrogens is 1. The van der Waals surface area contributed by atoms with Crippen LogP contribution in [-0.4, -0.2) is 48.4 Å². The maximum atomic E-state index is 12.8. The van der Waals surface area contributed by atoms with Crippen LogP contribution < -0.4 is 4.74 Å². The number of hydrogen-bond acceptors (Lipinski definition) is 5. The van der Waals surface area contributed by atoms with E-state index in [1.54, 1.807) is 6.92 Å². The smallest absolute Gasteiger partial charge is 0.340 e. The molecule has 6 nitrogen and oxygen atoms in total. The molecule has 0 radical (unpaired) electrons. The molecule has 148 valence electrons.